The molecule has 7 aromatic rings. The van der Waals surface area contributed by atoms with Gasteiger partial charge >= 0.3 is 0 Å². The van der Waals surface area contributed by atoms with Crippen molar-refractivity contribution < 1.29 is 47.4 Å². The molecule has 0 saturated carbocycles. The molecule has 0 amide bonds. The zero-order valence-electron chi connectivity index (χ0n) is 45.8. The number of rotatable bonds is 22. The van der Waals surface area contributed by atoms with Gasteiger partial charge < -0.3 is 47.4 Å². The van der Waals surface area contributed by atoms with Crippen molar-refractivity contribution in [3.8, 4) is 78.3 Å². The van der Waals surface area contributed by atoms with Crippen molar-refractivity contribution in [2.45, 2.75) is 104 Å². The number of ether oxygens (including phenoxy) is 10. The lowest BCUT2D eigenvalue weighted by molar-refractivity contribution is -0.0443. The second kappa shape index (κ2) is 25.7. The first kappa shape index (κ1) is 53.8. The summed E-state index contributed by atoms with van der Waals surface area (Å²) >= 11 is 0. The Morgan fingerprint density at radius 1 is 0.321 bits per heavy atom. The smallest absolute Gasteiger partial charge is 0.184 e. The van der Waals surface area contributed by atoms with Gasteiger partial charge in [-0.3, -0.25) is 0 Å². The molecule has 11 rings (SSSR count). The van der Waals surface area contributed by atoms with Crippen LogP contribution in [0, 0.1) is 13.8 Å². The van der Waals surface area contributed by atoms with Gasteiger partial charge in [-0.15, -0.1) is 0 Å². The largest absolute Gasteiger partial charge is 0.493 e. The summed E-state index contributed by atoms with van der Waals surface area (Å²) in [6, 6.07) is 48.4. The van der Waals surface area contributed by atoms with Crippen molar-refractivity contribution in [1.29, 1.82) is 0 Å². The van der Waals surface area contributed by atoms with Gasteiger partial charge in [-0.1, -0.05) is 174 Å². The minimum absolute atomic E-state index is 0.377. The number of unbranched alkanes of at least 4 members (excludes halogenated alkanes) is 6. The molecule has 4 saturated heterocycles. The molecule has 4 heterocycles. The van der Waals surface area contributed by atoms with E-state index in [1.165, 1.54) is 0 Å². The van der Waals surface area contributed by atoms with Gasteiger partial charge in [0.1, 0.15) is 11.5 Å². The Kier molecular flexibility index (Phi) is 17.8. The molecule has 0 unspecified atom stereocenters. The van der Waals surface area contributed by atoms with E-state index in [0.29, 0.717) is 66.1 Å². The maximum absolute atomic E-state index is 7.33. The summed E-state index contributed by atoms with van der Waals surface area (Å²) in [5.74, 6) is 1.53. The van der Waals surface area contributed by atoms with Crippen molar-refractivity contribution in [3.63, 3.8) is 0 Å². The third-order valence-corrected chi connectivity index (χ3v) is 15.1. The van der Waals surface area contributed by atoms with Gasteiger partial charge in [0.15, 0.2) is 25.2 Å². The summed E-state index contributed by atoms with van der Waals surface area (Å²) in [5, 5.41) is 0. The van der Waals surface area contributed by atoms with E-state index in [4.69, 9.17) is 47.4 Å². The molecule has 4 aliphatic heterocycles. The molecule has 0 spiro atoms. The zero-order valence-corrected chi connectivity index (χ0v) is 45.8. The highest BCUT2D eigenvalue weighted by Crippen LogP contribution is 2.53. The van der Waals surface area contributed by atoms with Crippen LogP contribution in [-0.2, 0) is 37.9 Å². The molecule has 0 radical (unpaired) electrons. The van der Waals surface area contributed by atoms with Crippen LogP contribution in [0.15, 0.2) is 133 Å². The van der Waals surface area contributed by atoms with E-state index in [1.54, 1.807) is 0 Å². The van der Waals surface area contributed by atoms with Crippen LogP contribution in [0.25, 0.3) is 66.8 Å². The fraction of sp³-hybridized carbons (Fsp3) is 0.382. The van der Waals surface area contributed by atoms with Gasteiger partial charge in [-0.25, -0.2) is 0 Å². The van der Waals surface area contributed by atoms with Crippen LogP contribution in [0.2, 0.25) is 0 Å². The zero-order chi connectivity index (χ0) is 53.2. The normalized spacial score (nSPS) is 16.5. The van der Waals surface area contributed by atoms with Crippen LogP contribution < -0.4 is 9.47 Å². The van der Waals surface area contributed by atoms with E-state index < -0.39 is 0 Å². The predicted molar refractivity (Wildman–Crippen MR) is 306 cm³/mol. The SMILES string of the molecule is CCCCCCOc1cc(-c2c(-c3ccc(C4OCCO4)cc3)cc(C)cc2-c2ccc(C3OCCO3)cc2)cc(OCCCCCC)c1-c1c(-c2ccc(C3OCCO3)cc2)cc(C)cc1-c1ccc(C2OCCO2)cc1. The monoisotopic (exact) mass is 1050 g/mol. The molecule has 10 heteroatoms. The van der Waals surface area contributed by atoms with E-state index >= 15 is 0 Å². The first-order valence-electron chi connectivity index (χ1n) is 28.5. The van der Waals surface area contributed by atoms with Crippen LogP contribution >= 0.6 is 0 Å². The molecule has 78 heavy (non-hydrogen) atoms. The van der Waals surface area contributed by atoms with Crippen molar-refractivity contribution >= 4 is 0 Å². The Morgan fingerprint density at radius 2 is 0.603 bits per heavy atom. The van der Waals surface area contributed by atoms with Crippen molar-refractivity contribution in [2.75, 3.05) is 66.1 Å². The fourth-order valence-electron chi connectivity index (χ4n) is 11.2. The average molecular weight is 1050 g/mol. The minimum Gasteiger partial charge on any atom is -0.493 e. The van der Waals surface area contributed by atoms with Gasteiger partial charge in [0.05, 0.1) is 71.6 Å². The lowest BCUT2D eigenvalue weighted by Crippen LogP contribution is -2.06. The van der Waals surface area contributed by atoms with Crippen LogP contribution in [0.5, 0.6) is 11.5 Å². The third-order valence-electron chi connectivity index (χ3n) is 15.1. The van der Waals surface area contributed by atoms with Gasteiger partial charge in [0.2, 0.25) is 0 Å². The van der Waals surface area contributed by atoms with Crippen LogP contribution in [-0.4, -0.2) is 66.1 Å². The number of hydrogen-bond acceptors (Lipinski definition) is 10. The van der Waals surface area contributed by atoms with Crippen LogP contribution in [0.1, 0.15) is 124 Å². The second-order valence-electron chi connectivity index (χ2n) is 20.9. The first-order valence-corrected chi connectivity index (χ1v) is 28.5. The Balaban J connectivity index is 1.15. The summed E-state index contributed by atoms with van der Waals surface area (Å²) in [6.07, 6.45) is 6.99. The molecule has 7 aromatic carbocycles. The van der Waals surface area contributed by atoms with E-state index in [-0.39, 0.29) is 25.2 Å². The van der Waals surface area contributed by atoms with Crippen molar-refractivity contribution in [2.24, 2.45) is 0 Å². The lowest BCUT2D eigenvalue weighted by Gasteiger charge is -2.25. The Labute approximate surface area is 460 Å². The summed E-state index contributed by atoms with van der Waals surface area (Å²) in [6.45, 7) is 14.6. The van der Waals surface area contributed by atoms with E-state index in [9.17, 15) is 0 Å². The highest BCUT2D eigenvalue weighted by atomic mass is 16.7. The summed E-state index contributed by atoms with van der Waals surface area (Å²) in [7, 11) is 0. The molecule has 10 nitrogen and oxygen atoms in total. The molecular weight excluding hydrogens is 977 g/mol. The lowest BCUT2D eigenvalue weighted by atomic mass is 9.82. The molecule has 0 aliphatic carbocycles. The maximum atomic E-state index is 7.33. The summed E-state index contributed by atoms with van der Waals surface area (Å²) < 4.78 is 62.3. The maximum Gasteiger partial charge on any atom is 0.184 e. The number of benzene rings is 7. The van der Waals surface area contributed by atoms with Crippen LogP contribution in [0.3, 0.4) is 0 Å². The molecule has 0 aromatic heterocycles. The molecule has 0 atom stereocenters. The predicted octanol–water partition coefficient (Wildman–Crippen LogP) is 16.4. The average Bonchev–Trinajstić information content (AvgIpc) is 4.44. The summed E-state index contributed by atoms with van der Waals surface area (Å²) in [5.41, 5.74) is 18.8. The first-order chi connectivity index (χ1) is 38.4. The molecular formula is C68H74O10. The topological polar surface area (TPSA) is 92.3 Å². The van der Waals surface area contributed by atoms with Gasteiger partial charge in [0.25, 0.3) is 0 Å². The molecule has 406 valence electrons. The van der Waals surface area contributed by atoms with E-state index in [2.05, 4.69) is 161 Å². The molecule has 4 aliphatic rings. The Morgan fingerprint density at radius 3 is 0.885 bits per heavy atom. The van der Waals surface area contributed by atoms with E-state index in [1.807, 2.05) is 0 Å². The second-order valence-corrected chi connectivity index (χ2v) is 20.9. The molecule has 4 fully saturated rings. The highest BCUT2D eigenvalue weighted by Gasteiger charge is 2.29. The number of aryl methyl sites for hydroxylation is 2. The third kappa shape index (κ3) is 12.3. The molecule has 0 N–H and O–H groups in total. The standard InChI is InChI=1S/C68H74O10/c1-5-7-9-11-29-69-60-43-55(62-56(47-13-21-51(22-14-47)65-71-31-32-72-65)39-45(3)40-57(62)48-15-23-52(24-16-48)66-73-33-34-74-66)44-61(70-30-12-10-8-6-2)64(60)63-58(49-17-25-53(26-18-49)67-75-35-36-76-67)41-46(4)42-59(63)50-19-27-54(28-20-50)68-77-37-38-78-68/h13-28,39-44,65-68H,5-12,29-38H2,1-4H3. The quantitative estimate of drug-likeness (QED) is 0.0611. The van der Waals surface area contributed by atoms with Gasteiger partial charge in [-0.05, 0) is 106 Å². The van der Waals surface area contributed by atoms with Crippen molar-refractivity contribution in [3.05, 3.63) is 167 Å². The Hall–Kier alpha value is -6.18. The van der Waals surface area contributed by atoms with Gasteiger partial charge in [0, 0.05) is 27.8 Å². The fourth-order valence-corrected chi connectivity index (χ4v) is 11.2. The van der Waals surface area contributed by atoms with E-state index in [0.717, 1.165) is 163 Å². The van der Waals surface area contributed by atoms with Crippen molar-refractivity contribution in [1.82, 2.24) is 0 Å². The summed E-state index contributed by atoms with van der Waals surface area (Å²) in [4.78, 5) is 0. The Bertz CT molecular complexity index is 2870. The van der Waals surface area contributed by atoms with Gasteiger partial charge in [-0.2, -0.15) is 0 Å². The molecule has 0 bridgehead atoms. The number of hydrogen-bond donors (Lipinski definition) is 0. The minimum atomic E-state index is -0.385. The van der Waals surface area contributed by atoms with Crippen LogP contribution in [0.4, 0.5) is 0 Å². The highest BCUT2D eigenvalue weighted by molar-refractivity contribution is 6.02.